The van der Waals surface area contributed by atoms with E-state index in [1.54, 1.807) is 26.0 Å². The fourth-order valence-electron chi connectivity index (χ4n) is 1.53. The molecule has 0 aliphatic rings. The van der Waals surface area contributed by atoms with Gasteiger partial charge in [-0.1, -0.05) is 15.9 Å². The summed E-state index contributed by atoms with van der Waals surface area (Å²) in [4.78, 5) is 11.6. The van der Waals surface area contributed by atoms with E-state index < -0.39 is 23.2 Å². The Morgan fingerprint density at radius 1 is 1.53 bits per heavy atom. The van der Waals surface area contributed by atoms with Crippen molar-refractivity contribution in [2.75, 3.05) is 7.11 Å². The van der Waals surface area contributed by atoms with Gasteiger partial charge < -0.3 is 10.5 Å². The van der Waals surface area contributed by atoms with Gasteiger partial charge in [0.2, 0.25) is 0 Å². The van der Waals surface area contributed by atoms with Crippen molar-refractivity contribution >= 4 is 21.9 Å². The monoisotopic (exact) mass is 303 g/mol. The second-order valence-electron chi connectivity index (χ2n) is 4.36. The maximum Gasteiger partial charge on any atom is 0.313 e. The van der Waals surface area contributed by atoms with Crippen LogP contribution in [0.4, 0.5) is 4.39 Å². The number of rotatable bonds is 3. The Kier molecular flexibility index (Phi) is 4.27. The number of esters is 1. The average molecular weight is 304 g/mol. The van der Waals surface area contributed by atoms with E-state index in [9.17, 15) is 9.18 Å². The molecule has 0 aliphatic carbocycles. The van der Waals surface area contributed by atoms with Crippen molar-refractivity contribution in [3.05, 3.63) is 34.1 Å². The molecule has 0 bridgehead atoms. The molecule has 0 heterocycles. The van der Waals surface area contributed by atoms with Gasteiger partial charge in [0.15, 0.2) is 0 Å². The molecule has 0 aromatic heterocycles. The number of benzene rings is 1. The number of ether oxygens (including phenoxy) is 1. The minimum absolute atomic E-state index is 0.287. The van der Waals surface area contributed by atoms with Gasteiger partial charge >= 0.3 is 5.97 Å². The molecule has 1 aromatic carbocycles. The number of nitrogens with two attached hydrogens (primary N) is 1. The standard InChI is InChI=1S/C12H15BrFNO2/c1-12(2,11(16)17-3)10(15)8-6-7(13)4-5-9(8)14/h4-6,10H,15H2,1-3H3/t10-/m0/s1. The summed E-state index contributed by atoms with van der Waals surface area (Å²) >= 11 is 3.25. The summed E-state index contributed by atoms with van der Waals surface area (Å²) in [6.45, 7) is 3.26. The van der Waals surface area contributed by atoms with Crippen molar-refractivity contribution in [1.29, 1.82) is 0 Å². The molecular formula is C12H15BrFNO2. The Morgan fingerprint density at radius 2 is 2.12 bits per heavy atom. The zero-order valence-electron chi connectivity index (χ0n) is 9.96. The molecule has 0 amide bonds. The third-order valence-corrected chi connectivity index (χ3v) is 3.28. The first-order valence-corrected chi connectivity index (χ1v) is 5.89. The number of carbonyl (C=O) groups is 1. The number of methoxy groups -OCH3 is 1. The maximum absolute atomic E-state index is 13.7. The van der Waals surface area contributed by atoms with E-state index in [-0.39, 0.29) is 5.56 Å². The molecule has 94 valence electrons. The molecule has 0 fully saturated rings. The number of hydrogen-bond acceptors (Lipinski definition) is 3. The van der Waals surface area contributed by atoms with Crippen LogP contribution in [0.15, 0.2) is 22.7 Å². The van der Waals surface area contributed by atoms with Gasteiger partial charge in [0.05, 0.1) is 12.5 Å². The lowest BCUT2D eigenvalue weighted by Gasteiger charge is -2.29. The van der Waals surface area contributed by atoms with Crippen molar-refractivity contribution < 1.29 is 13.9 Å². The van der Waals surface area contributed by atoms with E-state index >= 15 is 0 Å². The summed E-state index contributed by atoms with van der Waals surface area (Å²) in [6, 6.07) is 3.70. The van der Waals surface area contributed by atoms with E-state index in [0.29, 0.717) is 4.47 Å². The highest BCUT2D eigenvalue weighted by atomic mass is 79.9. The molecule has 1 atom stereocenters. The highest BCUT2D eigenvalue weighted by Gasteiger charge is 2.37. The second kappa shape index (κ2) is 5.14. The highest BCUT2D eigenvalue weighted by Crippen LogP contribution is 2.34. The Balaban J connectivity index is 3.15. The number of carbonyl (C=O) groups excluding carboxylic acids is 1. The smallest absolute Gasteiger partial charge is 0.313 e. The van der Waals surface area contributed by atoms with Crippen LogP contribution in [0.3, 0.4) is 0 Å². The first kappa shape index (κ1) is 14.1. The van der Waals surface area contributed by atoms with Crippen LogP contribution in [0.1, 0.15) is 25.5 Å². The van der Waals surface area contributed by atoms with Gasteiger partial charge in [0.25, 0.3) is 0 Å². The molecule has 3 nitrogen and oxygen atoms in total. The summed E-state index contributed by atoms with van der Waals surface area (Å²) in [6.07, 6.45) is 0. The molecule has 0 spiro atoms. The summed E-state index contributed by atoms with van der Waals surface area (Å²) in [5, 5.41) is 0. The summed E-state index contributed by atoms with van der Waals surface area (Å²) in [7, 11) is 1.29. The van der Waals surface area contributed by atoms with Gasteiger partial charge in [-0.25, -0.2) is 4.39 Å². The first-order chi connectivity index (χ1) is 7.80. The second-order valence-corrected chi connectivity index (χ2v) is 5.27. The van der Waals surface area contributed by atoms with Gasteiger partial charge in [-0.3, -0.25) is 4.79 Å². The fourth-order valence-corrected chi connectivity index (χ4v) is 1.91. The predicted molar refractivity (Wildman–Crippen MR) is 66.8 cm³/mol. The zero-order valence-corrected chi connectivity index (χ0v) is 11.5. The van der Waals surface area contributed by atoms with Gasteiger partial charge in [0.1, 0.15) is 5.82 Å². The first-order valence-electron chi connectivity index (χ1n) is 5.09. The van der Waals surface area contributed by atoms with Crippen molar-refractivity contribution in [3.63, 3.8) is 0 Å². The van der Waals surface area contributed by atoms with Crippen molar-refractivity contribution in [2.24, 2.45) is 11.1 Å². The third kappa shape index (κ3) is 2.84. The van der Waals surface area contributed by atoms with E-state index in [4.69, 9.17) is 5.73 Å². The normalized spacial score (nSPS) is 13.3. The van der Waals surface area contributed by atoms with Gasteiger partial charge in [-0.05, 0) is 32.0 Å². The van der Waals surface area contributed by atoms with E-state index in [1.165, 1.54) is 13.2 Å². The van der Waals surface area contributed by atoms with Crippen LogP contribution < -0.4 is 5.73 Å². The van der Waals surface area contributed by atoms with Crippen LogP contribution in [-0.2, 0) is 9.53 Å². The molecule has 0 saturated heterocycles. The van der Waals surface area contributed by atoms with E-state index in [2.05, 4.69) is 20.7 Å². The Bertz CT molecular complexity index is 435. The lowest BCUT2D eigenvalue weighted by molar-refractivity contribution is -0.152. The predicted octanol–water partition coefficient (Wildman–Crippen LogP) is 2.79. The lowest BCUT2D eigenvalue weighted by Crippen LogP contribution is -2.37. The van der Waals surface area contributed by atoms with Crippen molar-refractivity contribution in [2.45, 2.75) is 19.9 Å². The molecular weight excluding hydrogens is 289 g/mol. The third-order valence-electron chi connectivity index (χ3n) is 2.78. The van der Waals surface area contributed by atoms with Crippen LogP contribution >= 0.6 is 15.9 Å². The highest BCUT2D eigenvalue weighted by molar-refractivity contribution is 9.10. The van der Waals surface area contributed by atoms with Crippen LogP contribution in [0.2, 0.25) is 0 Å². The van der Waals surface area contributed by atoms with Crippen molar-refractivity contribution in [1.82, 2.24) is 0 Å². The van der Waals surface area contributed by atoms with Gasteiger partial charge in [-0.2, -0.15) is 0 Å². The average Bonchev–Trinajstić information content (AvgIpc) is 2.30. The van der Waals surface area contributed by atoms with Crippen LogP contribution in [-0.4, -0.2) is 13.1 Å². The van der Waals surface area contributed by atoms with Crippen LogP contribution in [0, 0.1) is 11.2 Å². The Labute approximate surface area is 108 Å². The van der Waals surface area contributed by atoms with Crippen molar-refractivity contribution in [3.8, 4) is 0 Å². The SMILES string of the molecule is COC(=O)C(C)(C)[C@@H](N)c1cc(Br)ccc1F. The van der Waals surface area contributed by atoms with Crippen LogP contribution in [0.5, 0.6) is 0 Å². The molecule has 1 aromatic rings. The van der Waals surface area contributed by atoms with Crippen LogP contribution in [0.25, 0.3) is 0 Å². The Hall–Kier alpha value is -0.940. The van der Waals surface area contributed by atoms with Gasteiger partial charge in [0, 0.05) is 16.1 Å². The van der Waals surface area contributed by atoms with E-state index in [0.717, 1.165) is 0 Å². The number of halogens is 2. The molecule has 0 unspecified atom stereocenters. The topological polar surface area (TPSA) is 52.3 Å². The number of hydrogen-bond donors (Lipinski definition) is 1. The zero-order chi connectivity index (χ0) is 13.2. The quantitative estimate of drug-likeness (QED) is 0.874. The summed E-state index contributed by atoms with van der Waals surface area (Å²) < 4.78 is 19.1. The Morgan fingerprint density at radius 3 is 2.65 bits per heavy atom. The molecule has 17 heavy (non-hydrogen) atoms. The minimum atomic E-state index is -0.990. The van der Waals surface area contributed by atoms with E-state index in [1.807, 2.05) is 0 Å². The maximum atomic E-state index is 13.7. The summed E-state index contributed by atoms with van der Waals surface area (Å²) in [5.41, 5.74) is 5.25. The molecule has 0 saturated carbocycles. The molecule has 0 aliphatic heterocycles. The molecule has 5 heteroatoms. The lowest BCUT2D eigenvalue weighted by atomic mass is 9.81. The fraction of sp³-hybridized carbons (Fsp3) is 0.417. The minimum Gasteiger partial charge on any atom is -0.469 e. The largest absolute Gasteiger partial charge is 0.469 e. The molecule has 1 rings (SSSR count). The molecule has 0 radical (unpaired) electrons. The van der Waals surface area contributed by atoms with Gasteiger partial charge in [-0.15, -0.1) is 0 Å². The summed E-state index contributed by atoms with van der Waals surface area (Å²) in [5.74, 6) is -0.901. The molecule has 2 N–H and O–H groups in total.